The summed E-state index contributed by atoms with van der Waals surface area (Å²) in [5.74, 6) is 0. The minimum absolute atomic E-state index is 0.511. The largest absolute Gasteiger partial charge is 0.264 e. The smallest absolute Gasteiger partial charge is 0.0303 e. The van der Waals surface area contributed by atoms with Crippen molar-refractivity contribution in [2.75, 3.05) is 6.54 Å². The molecule has 0 unspecified atom stereocenters. The maximum absolute atomic E-state index is 8.05. The number of rotatable bonds is 4. The highest BCUT2D eigenvalue weighted by Crippen LogP contribution is 2.07. The fraction of sp³-hybridized carbons (Fsp3) is 0.300. The highest BCUT2D eigenvalue weighted by Gasteiger charge is 1.90. The van der Waals surface area contributed by atoms with E-state index < -0.39 is 0 Å². The van der Waals surface area contributed by atoms with E-state index in [1.165, 1.54) is 0 Å². The Kier molecular flexibility index (Phi) is 4.24. The van der Waals surface area contributed by atoms with E-state index in [2.05, 4.69) is 15.0 Å². The van der Waals surface area contributed by atoms with Crippen molar-refractivity contribution in [3.8, 4) is 0 Å². The van der Waals surface area contributed by atoms with Crippen LogP contribution in [-0.4, -0.2) is 11.5 Å². The monoisotopic (exact) mass is 188 g/mol. The van der Waals surface area contributed by atoms with E-state index in [4.69, 9.17) is 5.53 Å². The number of aromatic nitrogens is 1. The van der Waals surface area contributed by atoms with Gasteiger partial charge in [-0.05, 0) is 36.1 Å². The first-order chi connectivity index (χ1) is 6.84. The van der Waals surface area contributed by atoms with Crippen molar-refractivity contribution < 1.29 is 0 Å². The molecule has 1 aromatic heterocycles. The van der Waals surface area contributed by atoms with Crippen LogP contribution in [0.15, 0.2) is 29.7 Å². The number of azide groups is 1. The second-order valence-electron chi connectivity index (χ2n) is 2.88. The number of hydrogen-bond donors (Lipinski definition) is 0. The van der Waals surface area contributed by atoms with Crippen LogP contribution in [-0.2, 0) is 0 Å². The summed E-state index contributed by atoms with van der Waals surface area (Å²) in [4.78, 5) is 6.68. The van der Waals surface area contributed by atoms with Crippen molar-refractivity contribution in [1.29, 1.82) is 0 Å². The lowest BCUT2D eigenvalue weighted by Crippen LogP contribution is -1.81. The molecule has 0 spiro atoms. The molecule has 72 valence electrons. The van der Waals surface area contributed by atoms with Gasteiger partial charge in [0.25, 0.3) is 0 Å². The molecule has 4 heteroatoms. The van der Waals surface area contributed by atoms with Gasteiger partial charge < -0.3 is 0 Å². The molecule has 1 aromatic rings. The summed E-state index contributed by atoms with van der Waals surface area (Å²) < 4.78 is 0. The third kappa shape index (κ3) is 3.29. The first-order valence-electron chi connectivity index (χ1n) is 4.42. The first kappa shape index (κ1) is 10.3. The molecule has 0 aliphatic heterocycles. The summed E-state index contributed by atoms with van der Waals surface area (Å²) in [6.07, 6.45) is 8.37. The van der Waals surface area contributed by atoms with E-state index in [0.717, 1.165) is 17.5 Å². The lowest BCUT2D eigenvalue weighted by molar-refractivity contribution is 0.995. The molecule has 0 N–H and O–H groups in total. The van der Waals surface area contributed by atoms with Crippen LogP contribution >= 0.6 is 0 Å². The molecule has 0 aliphatic rings. The third-order valence-electron chi connectivity index (χ3n) is 1.82. The average molecular weight is 188 g/mol. The normalized spacial score (nSPS) is 10.1. The van der Waals surface area contributed by atoms with Crippen molar-refractivity contribution >= 4 is 6.08 Å². The molecule has 0 atom stereocenters. The summed E-state index contributed by atoms with van der Waals surface area (Å²) in [7, 11) is 0. The van der Waals surface area contributed by atoms with Gasteiger partial charge in [0.2, 0.25) is 0 Å². The van der Waals surface area contributed by atoms with Gasteiger partial charge in [-0.2, -0.15) is 0 Å². The molecule has 0 aromatic carbocycles. The minimum Gasteiger partial charge on any atom is -0.264 e. The van der Waals surface area contributed by atoms with Gasteiger partial charge >= 0.3 is 0 Å². The second-order valence-corrected chi connectivity index (χ2v) is 2.88. The average Bonchev–Trinajstić information content (AvgIpc) is 2.20. The van der Waals surface area contributed by atoms with E-state index >= 15 is 0 Å². The fourth-order valence-electron chi connectivity index (χ4n) is 1.06. The van der Waals surface area contributed by atoms with Gasteiger partial charge in [-0.15, -0.1) is 0 Å². The van der Waals surface area contributed by atoms with Crippen LogP contribution in [0.2, 0.25) is 0 Å². The highest BCUT2D eigenvalue weighted by molar-refractivity contribution is 5.52. The standard InChI is InChI=1S/C10H12N4/c1-9-8-12-7-5-10(9)4-2-3-6-13-14-11/h2,4-5,7-8H,3,6H2,1H3. The molecule has 14 heavy (non-hydrogen) atoms. The zero-order valence-corrected chi connectivity index (χ0v) is 8.09. The molecule has 0 aliphatic carbocycles. The summed E-state index contributed by atoms with van der Waals surface area (Å²) >= 11 is 0. The fourth-order valence-corrected chi connectivity index (χ4v) is 1.06. The van der Waals surface area contributed by atoms with Crippen molar-refractivity contribution in [3.05, 3.63) is 46.1 Å². The Morgan fingerprint density at radius 3 is 3.21 bits per heavy atom. The lowest BCUT2D eigenvalue weighted by Gasteiger charge is -1.96. The van der Waals surface area contributed by atoms with Gasteiger partial charge in [-0.3, -0.25) is 4.98 Å². The van der Waals surface area contributed by atoms with Crippen LogP contribution in [0.4, 0.5) is 0 Å². The molecule has 0 fully saturated rings. The Morgan fingerprint density at radius 2 is 2.50 bits per heavy atom. The number of nitrogens with zero attached hydrogens (tertiary/aromatic N) is 4. The molecule has 0 saturated carbocycles. The molecule has 4 nitrogen and oxygen atoms in total. The zero-order valence-electron chi connectivity index (χ0n) is 8.09. The van der Waals surface area contributed by atoms with Gasteiger partial charge in [0.15, 0.2) is 0 Å². The van der Waals surface area contributed by atoms with Gasteiger partial charge in [0.1, 0.15) is 0 Å². The predicted molar refractivity (Wildman–Crippen MR) is 56.6 cm³/mol. The highest BCUT2D eigenvalue weighted by atomic mass is 15.1. The molecule has 0 bridgehead atoms. The maximum atomic E-state index is 8.05. The van der Waals surface area contributed by atoms with Crippen molar-refractivity contribution in [2.45, 2.75) is 13.3 Å². The van der Waals surface area contributed by atoms with Crippen molar-refractivity contribution in [2.24, 2.45) is 5.11 Å². The minimum atomic E-state index is 0.511. The van der Waals surface area contributed by atoms with Gasteiger partial charge in [0.05, 0.1) is 0 Å². The number of hydrogen-bond acceptors (Lipinski definition) is 2. The summed E-state index contributed by atoms with van der Waals surface area (Å²) in [6, 6.07) is 1.96. The number of pyridine rings is 1. The number of aryl methyl sites for hydroxylation is 1. The molecule has 0 radical (unpaired) electrons. The summed E-state index contributed by atoms with van der Waals surface area (Å²) in [6.45, 7) is 2.53. The van der Waals surface area contributed by atoms with Crippen LogP contribution in [0, 0.1) is 6.92 Å². The quantitative estimate of drug-likeness (QED) is 0.310. The van der Waals surface area contributed by atoms with Crippen LogP contribution in [0.25, 0.3) is 16.5 Å². The Hall–Kier alpha value is -1.80. The van der Waals surface area contributed by atoms with E-state index in [0.29, 0.717) is 6.54 Å². The van der Waals surface area contributed by atoms with E-state index in [-0.39, 0.29) is 0 Å². The summed E-state index contributed by atoms with van der Waals surface area (Å²) in [5, 5.41) is 3.44. The van der Waals surface area contributed by atoms with Gasteiger partial charge in [-0.1, -0.05) is 17.3 Å². The Morgan fingerprint density at radius 1 is 1.64 bits per heavy atom. The Balaban J connectivity index is 2.51. The van der Waals surface area contributed by atoms with Gasteiger partial charge in [0, 0.05) is 23.9 Å². The molecule has 1 rings (SSSR count). The third-order valence-corrected chi connectivity index (χ3v) is 1.82. The summed E-state index contributed by atoms with van der Waals surface area (Å²) in [5.41, 5.74) is 10.4. The van der Waals surface area contributed by atoms with Crippen molar-refractivity contribution in [1.82, 2.24) is 4.98 Å². The molecule has 0 saturated heterocycles. The maximum Gasteiger partial charge on any atom is 0.0303 e. The molecular weight excluding hydrogens is 176 g/mol. The zero-order chi connectivity index (χ0) is 10.2. The lowest BCUT2D eigenvalue weighted by atomic mass is 10.1. The van der Waals surface area contributed by atoms with Gasteiger partial charge in [-0.25, -0.2) is 0 Å². The van der Waals surface area contributed by atoms with E-state index in [9.17, 15) is 0 Å². The van der Waals surface area contributed by atoms with Crippen LogP contribution in [0.5, 0.6) is 0 Å². The molecule has 0 amide bonds. The first-order valence-corrected chi connectivity index (χ1v) is 4.42. The molecular formula is C10H12N4. The van der Waals surface area contributed by atoms with Crippen molar-refractivity contribution in [3.63, 3.8) is 0 Å². The van der Waals surface area contributed by atoms with Crippen LogP contribution in [0.3, 0.4) is 0 Å². The van der Waals surface area contributed by atoms with E-state index in [1.54, 1.807) is 6.20 Å². The van der Waals surface area contributed by atoms with Crippen LogP contribution in [0.1, 0.15) is 17.5 Å². The topological polar surface area (TPSA) is 61.7 Å². The SMILES string of the molecule is Cc1cnccc1C=CCCN=[N+]=[N-]. The predicted octanol–water partition coefficient (Wildman–Crippen LogP) is 3.10. The van der Waals surface area contributed by atoms with Crippen LogP contribution < -0.4 is 0 Å². The molecule has 1 heterocycles. The van der Waals surface area contributed by atoms with E-state index in [1.807, 2.05) is 31.3 Å². The second kappa shape index (κ2) is 5.78. The Bertz CT molecular complexity index is 364. The Labute approximate surface area is 82.9 Å².